The van der Waals surface area contributed by atoms with Gasteiger partial charge in [0.25, 0.3) is 5.91 Å². The van der Waals surface area contributed by atoms with Gasteiger partial charge in [0.2, 0.25) is 0 Å². The minimum atomic E-state index is -4.74. The lowest BCUT2D eigenvalue weighted by Crippen LogP contribution is -2.24. The second-order valence-corrected chi connectivity index (χ2v) is 7.73. The highest BCUT2D eigenvalue weighted by atomic mass is 35.5. The van der Waals surface area contributed by atoms with E-state index in [1.54, 1.807) is 42.2 Å². The van der Waals surface area contributed by atoms with Crippen LogP contribution < -0.4 is 5.32 Å². The zero-order valence-corrected chi connectivity index (χ0v) is 18.1. The highest BCUT2D eigenvalue weighted by Crippen LogP contribution is 2.34. The highest BCUT2D eigenvalue weighted by molar-refractivity contribution is 6.36. The van der Waals surface area contributed by atoms with Crippen molar-refractivity contribution in [3.8, 4) is 11.3 Å². The molecular weight excluding hydrogens is 445 g/mol. The van der Waals surface area contributed by atoms with E-state index in [0.717, 1.165) is 22.9 Å². The van der Waals surface area contributed by atoms with Gasteiger partial charge in [-0.2, -0.15) is 23.4 Å². The molecule has 0 aliphatic rings. The molecule has 0 saturated carbocycles. The first kappa shape index (κ1) is 21.8. The number of alkyl halides is 3. The van der Waals surface area contributed by atoms with Crippen molar-refractivity contribution in [1.29, 1.82) is 0 Å². The van der Waals surface area contributed by atoms with Gasteiger partial charge < -0.3 is 5.32 Å². The standard InChI is InChI=1S/C21H18ClF3N6O/c1-11-4-6-13(7-5-11)15-8-16(21(23,24)25)31-19(28-15)17(22)18(29-31)20(32)26-9-14-10-27-30(3)12(14)2/h4-8,10H,9H2,1-3H3,(H,26,32). The summed E-state index contributed by atoms with van der Waals surface area (Å²) in [7, 11) is 1.76. The largest absolute Gasteiger partial charge is 0.433 e. The van der Waals surface area contributed by atoms with E-state index in [1.807, 2.05) is 13.8 Å². The lowest BCUT2D eigenvalue weighted by Gasteiger charge is -2.11. The van der Waals surface area contributed by atoms with Crippen molar-refractivity contribution >= 4 is 23.2 Å². The summed E-state index contributed by atoms with van der Waals surface area (Å²) in [6.45, 7) is 3.82. The number of hydrogen-bond acceptors (Lipinski definition) is 4. The molecule has 4 aromatic rings. The maximum atomic E-state index is 13.8. The summed E-state index contributed by atoms with van der Waals surface area (Å²) in [4.78, 5) is 16.9. The van der Waals surface area contributed by atoms with Crippen LogP contribution in [0.2, 0.25) is 5.02 Å². The fraction of sp³-hybridized carbons (Fsp3) is 0.238. The summed E-state index contributed by atoms with van der Waals surface area (Å²) in [5.41, 5.74) is 1.44. The molecule has 3 heterocycles. The number of fused-ring (bicyclic) bond motifs is 1. The Bertz CT molecular complexity index is 1320. The molecule has 0 unspecified atom stereocenters. The Morgan fingerprint density at radius 1 is 1.19 bits per heavy atom. The quantitative estimate of drug-likeness (QED) is 0.489. The third-order valence-corrected chi connectivity index (χ3v) is 5.51. The topological polar surface area (TPSA) is 77.1 Å². The van der Waals surface area contributed by atoms with E-state index < -0.39 is 17.8 Å². The van der Waals surface area contributed by atoms with Crippen molar-refractivity contribution in [2.24, 2.45) is 7.05 Å². The van der Waals surface area contributed by atoms with Crippen LogP contribution in [0.4, 0.5) is 13.2 Å². The second kappa shape index (κ2) is 7.94. The average Bonchev–Trinajstić information content (AvgIpc) is 3.25. The van der Waals surface area contributed by atoms with Crippen LogP contribution in [0.3, 0.4) is 0 Å². The SMILES string of the molecule is Cc1ccc(-c2cc(C(F)(F)F)n3nc(C(=O)NCc4cnn(C)c4C)c(Cl)c3n2)cc1. The lowest BCUT2D eigenvalue weighted by atomic mass is 10.1. The molecule has 166 valence electrons. The van der Waals surface area contributed by atoms with E-state index in [9.17, 15) is 18.0 Å². The van der Waals surface area contributed by atoms with E-state index in [-0.39, 0.29) is 28.6 Å². The first-order valence-electron chi connectivity index (χ1n) is 9.55. The fourth-order valence-corrected chi connectivity index (χ4v) is 3.43. The van der Waals surface area contributed by atoms with E-state index in [0.29, 0.717) is 10.1 Å². The summed E-state index contributed by atoms with van der Waals surface area (Å²) < 4.78 is 43.6. The molecular formula is C21H18ClF3N6O. The minimum Gasteiger partial charge on any atom is -0.346 e. The van der Waals surface area contributed by atoms with Crippen molar-refractivity contribution in [2.45, 2.75) is 26.6 Å². The molecule has 0 radical (unpaired) electrons. The number of aryl methyl sites for hydroxylation is 2. The van der Waals surface area contributed by atoms with Crippen LogP contribution in [-0.2, 0) is 19.8 Å². The molecule has 11 heteroatoms. The number of carbonyl (C=O) groups is 1. The van der Waals surface area contributed by atoms with Crippen molar-refractivity contribution in [3.05, 3.63) is 69.8 Å². The van der Waals surface area contributed by atoms with Gasteiger partial charge in [-0.15, -0.1) is 0 Å². The van der Waals surface area contributed by atoms with Crippen LogP contribution >= 0.6 is 11.6 Å². The average molecular weight is 463 g/mol. The van der Waals surface area contributed by atoms with Crippen LogP contribution in [0.15, 0.2) is 36.5 Å². The van der Waals surface area contributed by atoms with E-state index in [1.165, 1.54) is 0 Å². The maximum Gasteiger partial charge on any atom is 0.433 e. The number of hydrogen-bond donors (Lipinski definition) is 1. The molecule has 0 saturated heterocycles. The first-order valence-corrected chi connectivity index (χ1v) is 9.93. The number of amides is 1. The second-order valence-electron chi connectivity index (χ2n) is 7.35. The molecule has 32 heavy (non-hydrogen) atoms. The third kappa shape index (κ3) is 3.93. The molecule has 0 aliphatic heterocycles. The Hall–Kier alpha value is -3.40. The van der Waals surface area contributed by atoms with Crippen LogP contribution in [0.1, 0.15) is 33.0 Å². The van der Waals surface area contributed by atoms with Crippen LogP contribution in [0.25, 0.3) is 16.9 Å². The summed E-state index contributed by atoms with van der Waals surface area (Å²) >= 11 is 6.29. The van der Waals surface area contributed by atoms with Gasteiger partial charge in [-0.3, -0.25) is 9.48 Å². The Morgan fingerprint density at radius 3 is 2.47 bits per heavy atom. The normalized spacial score (nSPS) is 11.8. The number of carbonyl (C=O) groups excluding carboxylic acids is 1. The van der Waals surface area contributed by atoms with Crippen LogP contribution in [-0.4, -0.2) is 30.3 Å². The Morgan fingerprint density at radius 2 is 1.88 bits per heavy atom. The maximum absolute atomic E-state index is 13.8. The van der Waals surface area contributed by atoms with Gasteiger partial charge >= 0.3 is 6.18 Å². The van der Waals surface area contributed by atoms with E-state index in [2.05, 4.69) is 20.5 Å². The summed E-state index contributed by atoms with van der Waals surface area (Å²) in [5.74, 6) is -0.714. The summed E-state index contributed by atoms with van der Waals surface area (Å²) in [6, 6.07) is 7.77. The van der Waals surface area contributed by atoms with Gasteiger partial charge in [-0.05, 0) is 19.9 Å². The Kier molecular flexibility index (Phi) is 5.41. The van der Waals surface area contributed by atoms with Gasteiger partial charge in [0.15, 0.2) is 17.0 Å². The van der Waals surface area contributed by atoms with Crippen molar-refractivity contribution in [2.75, 3.05) is 0 Å². The highest BCUT2D eigenvalue weighted by Gasteiger charge is 2.36. The number of aromatic nitrogens is 5. The molecule has 1 aromatic carbocycles. The number of nitrogens with one attached hydrogen (secondary N) is 1. The first-order chi connectivity index (χ1) is 15.1. The van der Waals surface area contributed by atoms with Crippen LogP contribution in [0.5, 0.6) is 0 Å². The number of rotatable bonds is 4. The van der Waals surface area contributed by atoms with E-state index in [4.69, 9.17) is 11.6 Å². The smallest absolute Gasteiger partial charge is 0.346 e. The third-order valence-electron chi connectivity index (χ3n) is 5.16. The molecule has 0 spiro atoms. The van der Waals surface area contributed by atoms with E-state index >= 15 is 0 Å². The number of nitrogens with zero attached hydrogens (tertiary/aromatic N) is 5. The molecule has 0 fully saturated rings. The predicted octanol–water partition coefficient (Wildman–Crippen LogP) is 4.35. The zero-order valence-electron chi connectivity index (χ0n) is 17.3. The Labute approximate surface area is 185 Å². The van der Waals surface area contributed by atoms with Gasteiger partial charge in [-0.25, -0.2) is 9.50 Å². The molecule has 7 nitrogen and oxygen atoms in total. The van der Waals surface area contributed by atoms with Gasteiger partial charge in [0.1, 0.15) is 5.02 Å². The monoisotopic (exact) mass is 462 g/mol. The number of benzene rings is 1. The zero-order chi connectivity index (χ0) is 23.2. The fourth-order valence-electron chi connectivity index (χ4n) is 3.19. The van der Waals surface area contributed by atoms with Crippen molar-refractivity contribution in [1.82, 2.24) is 29.7 Å². The van der Waals surface area contributed by atoms with Crippen LogP contribution in [0, 0.1) is 13.8 Å². The molecule has 4 rings (SSSR count). The molecule has 0 atom stereocenters. The summed E-state index contributed by atoms with van der Waals surface area (Å²) in [5, 5.41) is 10.3. The van der Waals surface area contributed by atoms with Gasteiger partial charge in [0.05, 0.1) is 11.9 Å². The summed E-state index contributed by atoms with van der Waals surface area (Å²) in [6.07, 6.45) is -3.14. The minimum absolute atomic E-state index is 0.0737. The molecule has 0 aliphatic carbocycles. The van der Waals surface area contributed by atoms with Crippen molar-refractivity contribution < 1.29 is 18.0 Å². The molecule has 0 bridgehead atoms. The Balaban J connectivity index is 1.76. The lowest BCUT2D eigenvalue weighted by molar-refractivity contribution is -0.142. The molecule has 3 aromatic heterocycles. The molecule has 1 amide bonds. The predicted molar refractivity (Wildman–Crippen MR) is 112 cm³/mol. The van der Waals surface area contributed by atoms with Crippen molar-refractivity contribution in [3.63, 3.8) is 0 Å². The van der Waals surface area contributed by atoms with Gasteiger partial charge in [-0.1, -0.05) is 41.4 Å². The molecule has 1 N–H and O–H groups in total. The van der Waals surface area contributed by atoms with Gasteiger partial charge in [0, 0.05) is 30.4 Å². The number of halogens is 4.